The van der Waals surface area contributed by atoms with Crippen LogP contribution in [-0.2, 0) is 0 Å². The summed E-state index contributed by atoms with van der Waals surface area (Å²) in [6.45, 7) is 0. The Kier molecular flexibility index (Phi) is 6.31. The summed E-state index contributed by atoms with van der Waals surface area (Å²) in [5.74, 6) is 0.00921. The first-order valence-electron chi connectivity index (χ1n) is 4.94. The van der Waals surface area contributed by atoms with Gasteiger partial charge in [0.1, 0.15) is 0 Å². The van der Waals surface area contributed by atoms with Crippen LogP contribution < -0.4 is 5.30 Å². The molecule has 5 heteroatoms. The van der Waals surface area contributed by atoms with Gasteiger partial charge in [-0.15, -0.1) is 9.24 Å². The van der Waals surface area contributed by atoms with Crippen LogP contribution >= 0.6 is 41.1 Å². The molecule has 0 fully saturated rings. The van der Waals surface area contributed by atoms with Crippen molar-refractivity contribution in [3.8, 4) is 0 Å². The molecule has 1 atom stereocenters. The summed E-state index contributed by atoms with van der Waals surface area (Å²) < 4.78 is 1.59. The average molecular weight is 380 g/mol. The normalized spacial score (nSPS) is 9.72. The maximum atomic E-state index is 12.4. The Balaban J connectivity index is 0.00000162. The maximum absolute atomic E-state index is 12.4. The standard InChI is InChI=1S/C13H9Br2OP.Li.H/c14-9-5-3-6-10(15)12(9)13(16)8-4-1-2-7-11(8)17;;/h1-7H,17H2;;. The van der Waals surface area contributed by atoms with Crippen LogP contribution in [0.25, 0.3) is 0 Å². The van der Waals surface area contributed by atoms with Gasteiger partial charge >= 0.3 is 18.9 Å². The van der Waals surface area contributed by atoms with Crippen molar-refractivity contribution in [3.05, 3.63) is 62.5 Å². The van der Waals surface area contributed by atoms with Gasteiger partial charge < -0.3 is 0 Å². The summed E-state index contributed by atoms with van der Waals surface area (Å²) in [5.41, 5.74) is 1.35. The van der Waals surface area contributed by atoms with Crippen LogP contribution in [0, 0.1) is 0 Å². The monoisotopic (exact) mass is 378 g/mol. The van der Waals surface area contributed by atoms with Crippen molar-refractivity contribution in [1.29, 1.82) is 0 Å². The fourth-order valence-corrected chi connectivity index (χ4v) is 3.25. The number of ketones is 1. The molecule has 2 aromatic rings. The first-order chi connectivity index (χ1) is 8.11. The van der Waals surface area contributed by atoms with Gasteiger partial charge in [0.2, 0.25) is 0 Å². The van der Waals surface area contributed by atoms with Gasteiger partial charge in [0, 0.05) is 14.5 Å². The molecule has 0 aliphatic rings. The molecule has 0 aliphatic carbocycles. The number of carbonyl (C=O) groups is 1. The van der Waals surface area contributed by atoms with E-state index >= 15 is 0 Å². The molecule has 0 aromatic heterocycles. The van der Waals surface area contributed by atoms with Gasteiger partial charge in [-0.05, 0) is 49.3 Å². The molecule has 0 saturated heterocycles. The summed E-state index contributed by atoms with van der Waals surface area (Å²) in [5, 5.41) is 0.903. The predicted molar refractivity (Wildman–Crippen MR) is 88.2 cm³/mol. The van der Waals surface area contributed by atoms with Crippen LogP contribution in [0.3, 0.4) is 0 Å². The van der Waals surface area contributed by atoms with Crippen LogP contribution in [-0.4, -0.2) is 24.6 Å². The van der Waals surface area contributed by atoms with E-state index in [1.54, 1.807) is 0 Å². The van der Waals surface area contributed by atoms with Crippen molar-refractivity contribution in [3.63, 3.8) is 0 Å². The van der Waals surface area contributed by atoms with Crippen molar-refractivity contribution in [2.75, 3.05) is 0 Å². The van der Waals surface area contributed by atoms with Crippen molar-refractivity contribution in [1.82, 2.24) is 0 Å². The second kappa shape index (κ2) is 7.03. The molecule has 0 amide bonds. The van der Waals surface area contributed by atoms with E-state index in [1.165, 1.54) is 0 Å². The molecule has 1 nitrogen and oxygen atoms in total. The van der Waals surface area contributed by atoms with E-state index in [4.69, 9.17) is 0 Å². The molecule has 0 bridgehead atoms. The third-order valence-corrected chi connectivity index (χ3v) is 4.22. The number of benzene rings is 2. The quantitative estimate of drug-likeness (QED) is 0.444. The van der Waals surface area contributed by atoms with Crippen LogP contribution in [0.1, 0.15) is 15.9 Å². The summed E-state index contributed by atoms with van der Waals surface area (Å²) in [6.07, 6.45) is 0. The first-order valence-corrected chi connectivity index (χ1v) is 7.11. The molecule has 2 aromatic carbocycles. The predicted octanol–water partition coefficient (Wildman–Crippen LogP) is 3.29. The molecule has 0 spiro atoms. The van der Waals surface area contributed by atoms with Gasteiger partial charge in [0.25, 0.3) is 0 Å². The van der Waals surface area contributed by atoms with Crippen LogP contribution in [0.15, 0.2) is 51.4 Å². The topological polar surface area (TPSA) is 17.1 Å². The molecule has 0 radical (unpaired) electrons. The summed E-state index contributed by atoms with van der Waals surface area (Å²) in [6, 6.07) is 13.1. The van der Waals surface area contributed by atoms with Crippen molar-refractivity contribution in [2.45, 2.75) is 0 Å². The first kappa shape index (κ1) is 16.2. The van der Waals surface area contributed by atoms with Gasteiger partial charge in [-0.2, -0.15) is 0 Å². The average Bonchev–Trinajstić information content (AvgIpc) is 2.29. The van der Waals surface area contributed by atoms with E-state index in [0.717, 1.165) is 14.2 Å². The Hall–Kier alpha value is 0.0974. The molecule has 0 aliphatic heterocycles. The van der Waals surface area contributed by atoms with Crippen molar-refractivity contribution < 1.29 is 4.79 Å². The fourth-order valence-electron chi connectivity index (χ4n) is 1.55. The van der Waals surface area contributed by atoms with Crippen molar-refractivity contribution >= 4 is 71.0 Å². The molecule has 0 saturated carbocycles. The minimum absolute atomic E-state index is 0. The number of hydrogen-bond acceptors (Lipinski definition) is 1. The minimum atomic E-state index is 0. The van der Waals surface area contributed by atoms with E-state index < -0.39 is 0 Å². The third kappa shape index (κ3) is 3.35. The molecule has 0 heterocycles. The zero-order valence-electron chi connectivity index (χ0n) is 8.78. The van der Waals surface area contributed by atoms with Gasteiger partial charge in [-0.25, -0.2) is 0 Å². The molecular weight excluding hydrogens is 370 g/mol. The fraction of sp³-hybridized carbons (Fsp3) is 0. The van der Waals surface area contributed by atoms with E-state index in [9.17, 15) is 4.79 Å². The van der Waals surface area contributed by atoms with Crippen LogP contribution in [0.4, 0.5) is 0 Å². The van der Waals surface area contributed by atoms with Gasteiger partial charge in [0.15, 0.2) is 5.78 Å². The summed E-state index contributed by atoms with van der Waals surface area (Å²) >= 11 is 6.82. The van der Waals surface area contributed by atoms with Gasteiger partial charge in [-0.3, -0.25) is 4.79 Å². The van der Waals surface area contributed by atoms with E-state index in [-0.39, 0.29) is 24.6 Å². The van der Waals surface area contributed by atoms with E-state index in [0.29, 0.717) is 11.1 Å². The molecule has 0 N–H and O–H groups in total. The second-order valence-electron chi connectivity index (χ2n) is 3.51. The Morgan fingerprint density at radius 2 is 1.50 bits per heavy atom. The number of rotatable bonds is 2. The van der Waals surface area contributed by atoms with E-state index in [1.807, 2.05) is 42.5 Å². The number of carbonyl (C=O) groups excluding carboxylic acids is 1. The Bertz CT molecular complexity index is 567. The zero-order valence-corrected chi connectivity index (χ0v) is 13.1. The summed E-state index contributed by atoms with van der Waals surface area (Å²) in [7, 11) is 2.59. The van der Waals surface area contributed by atoms with Crippen LogP contribution in [0.2, 0.25) is 0 Å². The molecule has 1 unspecified atom stereocenters. The number of hydrogen-bond donors (Lipinski definition) is 0. The number of halogens is 2. The Morgan fingerprint density at radius 1 is 0.944 bits per heavy atom. The second-order valence-corrected chi connectivity index (χ2v) is 5.84. The van der Waals surface area contributed by atoms with Gasteiger partial charge in [-0.1, -0.05) is 30.3 Å². The third-order valence-electron chi connectivity index (χ3n) is 2.40. The SMILES string of the molecule is O=C(c1ccccc1P)c1c(Br)cccc1Br.[LiH]. The van der Waals surface area contributed by atoms with Crippen molar-refractivity contribution in [2.24, 2.45) is 0 Å². The van der Waals surface area contributed by atoms with Gasteiger partial charge in [0.05, 0.1) is 5.56 Å². The molecule has 88 valence electrons. The molecule has 2 rings (SSSR count). The zero-order chi connectivity index (χ0) is 12.4. The Morgan fingerprint density at radius 3 is 2.06 bits per heavy atom. The molecular formula is C13H10Br2LiOP. The summed E-state index contributed by atoms with van der Waals surface area (Å²) in [4.78, 5) is 12.4. The Labute approximate surface area is 137 Å². The molecule has 18 heavy (non-hydrogen) atoms. The van der Waals surface area contributed by atoms with Crippen LogP contribution in [0.5, 0.6) is 0 Å². The van der Waals surface area contributed by atoms with E-state index in [2.05, 4.69) is 41.1 Å².